The van der Waals surface area contributed by atoms with Crippen molar-refractivity contribution in [3.8, 4) is 0 Å². The Morgan fingerprint density at radius 3 is 2.79 bits per heavy atom. The van der Waals surface area contributed by atoms with Crippen LogP contribution in [0.5, 0.6) is 0 Å². The van der Waals surface area contributed by atoms with Gasteiger partial charge >= 0.3 is 0 Å². The second kappa shape index (κ2) is 4.75. The Labute approximate surface area is 92.7 Å². The molecule has 14 heavy (non-hydrogen) atoms. The van der Waals surface area contributed by atoms with Crippen LogP contribution in [0.4, 0.5) is 5.13 Å². The van der Waals surface area contributed by atoms with Crippen LogP contribution >= 0.6 is 22.9 Å². The highest BCUT2D eigenvalue weighted by Gasteiger charge is 2.15. The molecule has 78 valence electrons. The number of carbonyl (C=O) groups excluding carboxylic acids is 1. The smallest absolute Gasteiger partial charge is 0.187 e. The molecule has 1 aromatic rings. The van der Waals surface area contributed by atoms with Gasteiger partial charge in [0.2, 0.25) is 0 Å². The molecule has 5 heteroatoms. The Kier molecular flexibility index (Phi) is 3.89. The molecular weight excluding hydrogens is 220 g/mol. The first-order chi connectivity index (χ1) is 6.60. The lowest BCUT2D eigenvalue weighted by atomic mass is 10.2. The number of thiazole rings is 1. The lowest BCUT2D eigenvalue weighted by Crippen LogP contribution is -2.27. The van der Waals surface area contributed by atoms with Crippen molar-refractivity contribution in [3.05, 3.63) is 10.0 Å². The van der Waals surface area contributed by atoms with Crippen LogP contribution in [0.15, 0.2) is 0 Å². The van der Waals surface area contributed by atoms with Crippen molar-refractivity contribution in [1.29, 1.82) is 0 Å². The number of aldehydes is 1. The predicted molar refractivity (Wildman–Crippen MR) is 60.7 cm³/mol. The summed E-state index contributed by atoms with van der Waals surface area (Å²) in [6, 6.07) is 0.400. The lowest BCUT2D eigenvalue weighted by molar-refractivity contribution is 0.112. The minimum Gasteiger partial charge on any atom is -0.348 e. The van der Waals surface area contributed by atoms with Crippen LogP contribution in [-0.2, 0) is 0 Å². The second-order valence-electron chi connectivity index (χ2n) is 3.14. The molecule has 1 aromatic heterocycles. The molecule has 0 fully saturated rings. The summed E-state index contributed by atoms with van der Waals surface area (Å²) in [7, 11) is 1.96. The number of nitrogens with zero attached hydrogens (tertiary/aromatic N) is 2. The molecule has 0 bridgehead atoms. The molecule has 0 radical (unpaired) electrons. The van der Waals surface area contributed by atoms with Crippen molar-refractivity contribution in [2.24, 2.45) is 0 Å². The summed E-state index contributed by atoms with van der Waals surface area (Å²) in [5.41, 5.74) is 0. The summed E-state index contributed by atoms with van der Waals surface area (Å²) in [5.74, 6) is 0. The second-order valence-corrected chi connectivity index (χ2v) is 4.50. The third kappa shape index (κ3) is 2.25. The average molecular weight is 233 g/mol. The van der Waals surface area contributed by atoms with E-state index in [9.17, 15) is 4.79 Å². The van der Waals surface area contributed by atoms with Gasteiger partial charge in [-0.05, 0) is 13.3 Å². The zero-order valence-electron chi connectivity index (χ0n) is 8.45. The summed E-state index contributed by atoms with van der Waals surface area (Å²) in [6.45, 7) is 4.22. The molecule has 0 aromatic carbocycles. The molecule has 0 aliphatic rings. The topological polar surface area (TPSA) is 33.2 Å². The third-order valence-corrected chi connectivity index (χ3v) is 3.73. The van der Waals surface area contributed by atoms with Gasteiger partial charge in [0, 0.05) is 13.1 Å². The maximum Gasteiger partial charge on any atom is 0.187 e. The highest BCUT2D eigenvalue weighted by molar-refractivity contribution is 7.17. The van der Waals surface area contributed by atoms with Gasteiger partial charge in [0.1, 0.15) is 4.88 Å². The zero-order valence-corrected chi connectivity index (χ0v) is 10.0. The molecule has 0 saturated carbocycles. The zero-order chi connectivity index (χ0) is 10.7. The fourth-order valence-electron chi connectivity index (χ4n) is 0.988. The largest absolute Gasteiger partial charge is 0.348 e. The van der Waals surface area contributed by atoms with E-state index in [1.165, 1.54) is 11.3 Å². The van der Waals surface area contributed by atoms with Crippen LogP contribution in [0, 0.1) is 0 Å². The number of halogens is 1. The maximum atomic E-state index is 10.6. The first-order valence-corrected chi connectivity index (χ1v) is 5.64. The minimum atomic E-state index is 0.301. The van der Waals surface area contributed by atoms with E-state index in [0.29, 0.717) is 16.1 Å². The van der Waals surface area contributed by atoms with Gasteiger partial charge in [0.15, 0.2) is 16.6 Å². The van der Waals surface area contributed by atoms with Crippen LogP contribution in [0.3, 0.4) is 0 Å². The fourth-order valence-corrected chi connectivity index (χ4v) is 2.11. The maximum absolute atomic E-state index is 10.6. The highest BCUT2D eigenvalue weighted by atomic mass is 35.5. The van der Waals surface area contributed by atoms with Gasteiger partial charge in [-0.3, -0.25) is 4.79 Å². The van der Waals surface area contributed by atoms with Crippen LogP contribution in [0.1, 0.15) is 29.9 Å². The molecule has 0 spiro atoms. The van der Waals surface area contributed by atoms with Crippen molar-refractivity contribution in [1.82, 2.24) is 4.98 Å². The molecule has 0 amide bonds. The van der Waals surface area contributed by atoms with Crippen LogP contribution < -0.4 is 4.90 Å². The predicted octanol–water partition coefficient (Wildman–Crippen LogP) is 2.84. The number of rotatable bonds is 4. The first-order valence-electron chi connectivity index (χ1n) is 4.44. The van der Waals surface area contributed by atoms with Crippen molar-refractivity contribution >= 4 is 34.4 Å². The van der Waals surface area contributed by atoms with Gasteiger partial charge < -0.3 is 4.90 Å². The van der Waals surface area contributed by atoms with Crippen molar-refractivity contribution < 1.29 is 4.79 Å². The first kappa shape index (κ1) is 11.5. The molecule has 1 atom stereocenters. The molecule has 0 saturated heterocycles. The molecular formula is C9H13ClN2OS. The van der Waals surface area contributed by atoms with Gasteiger partial charge in [-0.15, -0.1) is 0 Å². The van der Waals surface area contributed by atoms with Gasteiger partial charge in [-0.2, -0.15) is 0 Å². The molecule has 1 rings (SSSR count). The monoisotopic (exact) mass is 232 g/mol. The van der Waals surface area contributed by atoms with Gasteiger partial charge in [-0.1, -0.05) is 29.9 Å². The molecule has 3 nitrogen and oxygen atoms in total. The summed E-state index contributed by atoms with van der Waals surface area (Å²) in [4.78, 5) is 17.2. The molecule has 0 N–H and O–H groups in total. The van der Waals surface area contributed by atoms with E-state index in [2.05, 4.69) is 18.8 Å². The SMILES string of the molecule is CCC(C)N(C)c1nc(Cl)c(C=O)s1. The van der Waals surface area contributed by atoms with E-state index < -0.39 is 0 Å². The number of anilines is 1. The van der Waals surface area contributed by atoms with Crippen molar-refractivity contribution in [2.45, 2.75) is 26.3 Å². The summed E-state index contributed by atoms with van der Waals surface area (Å²) >= 11 is 7.10. The van der Waals surface area contributed by atoms with E-state index in [0.717, 1.165) is 17.8 Å². The van der Waals surface area contributed by atoms with E-state index in [1.807, 2.05) is 11.9 Å². The fraction of sp³-hybridized carbons (Fsp3) is 0.556. The Morgan fingerprint density at radius 2 is 2.36 bits per heavy atom. The highest BCUT2D eigenvalue weighted by Crippen LogP contribution is 2.28. The molecule has 1 unspecified atom stereocenters. The van der Waals surface area contributed by atoms with Gasteiger partial charge in [0.25, 0.3) is 0 Å². The number of aromatic nitrogens is 1. The number of hydrogen-bond acceptors (Lipinski definition) is 4. The van der Waals surface area contributed by atoms with E-state index in [-0.39, 0.29) is 0 Å². The van der Waals surface area contributed by atoms with Crippen molar-refractivity contribution in [3.63, 3.8) is 0 Å². The van der Waals surface area contributed by atoms with Gasteiger partial charge in [0.05, 0.1) is 0 Å². The van der Waals surface area contributed by atoms with Crippen LogP contribution in [0.25, 0.3) is 0 Å². The summed E-state index contributed by atoms with van der Waals surface area (Å²) < 4.78 is 0. The quantitative estimate of drug-likeness (QED) is 0.749. The minimum absolute atomic E-state index is 0.301. The molecule has 1 heterocycles. The molecule has 0 aliphatic heterocycles. The van der Waals surface area contributed by atoms with E-state index >= 15 is 0 Å². The van der Waals surface area contributed by atoms with Crippen molar-refractivity contribution in [2.75, 3.05) is 11.9 Å². The Bertz CT molecular complexity index is 327. The third-order valence-electron chi connectivity index (χ3n) is 2.26. The Hall–Kier alpha value is -0.610. The normalized spacial score (nSPS) is 12.6. The summed E-state index contributed by atoms with van der Waals surface area (Å²) in [6.07, 6.45) is 1.78. The van der Waals surface area contributed by atoms with E-state index in [1.54, 1.807) is 0 Å². The average Bonchev–Trinajstić information content (AvgIpc) is 2.57. The number of carbonyl (C=O) groups is 1. The van der Waals surface area contributed by atoms with Crippen LogP contribution in [0.2, 0.25) is 5.15 Å². The lowest BCUT2D eigenvalue weighted by Gasteiger charge is -2.22. The standard InChI is InChI=1S/C9H13ClN2OS/c1-4-6(2)12(3)9-11-8(10)7(5-13)14-9/h5-6H,4H2,1-3H3. The Morgan fingerprint density at radius 1 is 1.71 bits per heavy atom. The van der Waals surface area contributed by atoms with Gasteiger partial charge in [-0.25, -0.2) is 4.98 Å². The Balaban J connectivity index is 2.90. The van der Waals surface area contributed by atoms with E-state index in [4.69, 9.17) is 11.6 Å². The summed E-state index contributed by atoms with van der Waals surface area (Å²) in [5, 5.41) is 1.10. The van der Waals surface area contributed by atoms with Crippen LogP contribution in [-0.4, -0.2) is 24.4 Å². The molecule has 0 aliphatic carbocycles. The number of hydrogen-bond donors (Lipinski definition) is 0.